The molecule has 0 atom stereocenters. The molecule has 1 aliphatic rings. The number of hydrogen-bond donors (Lipinski definition) is 1. The topological polar surface area (TPSA) is 89.1 Å². The fraction of sp³-hybridized carbons (Fsp3) is 0.294. The van der Waals surface area contributed by atoms with Crippen LogP contribution in [-0.2, 0) is 20.0 Å². The van der Waals surface area contributed by atoms with Gasteiger partial charge in [0.15, 0.2) is 5.69 Å². The van der Waals surface area contributed by atoms with Crippen molar-refractivity contribution in [2.24, 2.45) is 7.05 Å². The van der Waals surface area contributed by atoms with E-state index in [2.05, 4.69) is 20.6 Å². The summed E-state index contributed by atoms with van der Waals surface area (Å²) in [6.07, 6.45) is 0.700. The van der Waals surface area contributed by atoms with E-state index in [-0.39, 0.29) is 17.7 Å². The minimum absolute atomic E-state index is 0.136. The molecule has 1 aromatic carbocycles. The molecule has 134 valence electrons. The third kappa shape index (κ3) is 2.71. The van der Waals surface area contributed by atoms with Crippen molar-refractivity contribution in [3.05, 3.63) is 41.3 Å². The van der Waals surface area contributed by atoms with E-state index in [1.165, 1.54) is 12.1 Å². The van der Waals surface area contributed by atoms with E-state index >= 15 is 0 Å². The number of fused-ring (bicyclic) bond motifs is 1. The first kappa shape index (κ1) is 16.2. The molecule has 0 radical (unpaired) electrons. The molecule has 0 spiro atoms. The van der Waals surface area contributed by atoms with Gasteiger partial charge in [-0.15, -0.1) is 0 Å². The molecule has 8 nitrogen and oxygen atoms in total. The Morgan fingerprint density at radius 2 is 2.08 bits per heavy atom. The zero-order chi connectivity index (χ0) is 18.3. The van der Waals surface area contributed by atoms with Crippen molar-refractivity contribution < 1.29 is 13.7 Å². The Labute approximate surface area is 148 Å². The standard InChI is InChI=1S/C17H17FN6O2/c1-19-17(25)24-8-7-13-12(9-24)14(21-23(13)2)16-20-15(22-26-16)10-3-5-11(18)6-4-10/h3-6H,7-9H2,1-2H3,(H,19,25). The molecule has 4 rings (SSSR count). The number of amides is 2. The summed E-state index contributed by atoms with van der Waals surface area (Å²) in [6, 6.07) is 5.73. The number of carbonyl (C=O) groups is 1. The van der Waals surface area contributed by atoms with Gasteiger partial charge in [-0.3, -0.25) is 4.68 Å². The number of halogens is 1. The maximum Gasteiger partial charge on any atom is 0.317 e. The third-order valence-corrected chi connectivity index (χ3v) is 4.47. The fourth-order valence-electron chi connectivity index (χ4n) is 3.13. The first-order valence-corrected chi connectivity index (χ1v) is 8.18. The molecular weight excluding hydrogens is 339 g/mol. The van der Waals surface area contributed by atoms with E-state index in [9.17, 15) is 9.18 Å². The summed E-state index contributed by atoms with van der Waals surface area (Å²) < 4.78 is 20.3. The lowest BCUT2D eigenvalue weighted by molar-refractivity contribution is 0.194. The first-order chi connectivity index (χ1) is 12.6. The lowest BCUT2D eigenvalue weighted by atomic mass is 10.1. The summed E-state index contributed by atoms with van der Waals surface area (Å²) >= 11 is 0. The van der Waals surface area contributed by atoms with Crippen molar-refractivity contribution in [3.8, 4) is 23.0 Å². The Morgan fingerprint density at radius 3 is 2.81 bits per heavy atom. The summed E-state index contributed by atoms with van der Waals surface area (Å²) in [7, 11) is 3.46. The molecule has 0 aliphatic carbocycles. The van der Waals surface area contributed by atoms with Gasteiger partial charge in [-0.25, -0.2) is 9.18 Å². The molecule has 26 heavy (non-hydrogen) atoms. The molecule has 0 unspecified atom stereocenters. The lowest BCUT2D eigenvalue weighted by Crippen LogP contribution is -2.41. The van der Waals surface area contributed by atoms with Crippen LogP contribution in [0.15, 0.2) is 28.8 Å². The van der Waals surface area contributed by atoms with Crippen LogP contribution in [0.3, 0.4) is 0 Å². The van der Waals surface area contributed by atoms with Crippen LogP contribution in [0, 0.1) is 5.82 Å². The van der Waals surface area contributed by atoms with Crippen LogP contribution < -0.4 is 5.32 Å². The maximum atomic E-state index is 13.1. The number of rotatable bonds is 2. The highest BCUT2D eigenvalue weighted by Crippen LogP contribution is 2.30. The largest absolute Gasteiger partial charge is 0.341 e. The second kappa shape index (κ2) is 6.25. The van der Waals surface area contributed by atoms with Crippen molar-refractivity contribution in [1.82, 2.24) is 30.1 Å². The minimum atomic E-state index is -0.328. The second-order valence-electron chi connectivity index (χ2n) is 6.05. The Kier molecular flexibility index (Phi) is 3.90. The number of nitrogens with one attached hydrogen (secondary N) is 1. The SMILES string of the molecule is CNC(=O)N1CCc2c(c(-c3nc(-c4ccc(F)cc4)no3)nn2C)C1. The molecular formula is C17H17FN6O2. The number of benzene rings is 1. The van der Waals surface area contributed by atoms with E-state index in [1.807, 2.05) is 7.05 Å². The van der Waals surface area contributed by atoms with Gasteiger partial charge in [0.1, 0.15) is 5.82 Å². The van der Waals surface area contributed by atoms with Crippen molar-refractivity contribution in [3.63, 3.8) is 0 Å². The molecule has 2 amide bonds. The van der Waals surface area contributed by atoms with Gasteiger partial charge in [0, 0.05) is 43.9 Å². The lowest BCUT2D eigenvalue weighted by Gasteiger charge is -2.26. The van der Waals surface area contributed by atoms with Gasteiger partial charge in [0.2, 0.25) is 5.82 Å². The van der Waals surface area contributed by atoms with Crippen molar-refractivity contribution in [2.45, 2.75) is 13.0 Å². The molecule has 9 heteroatoms. The monoisotopic (exact) mass is 356 g/mol. The number of urea groups is 1. The quantitative estimate of drug-likeness (QED) is 0.758. The summed E-state index contributed by atoms with van der Waals surface area (Å²) in [5.41, 5.74) is 3.16. The smallest absolute Gasteiger partial charge is 0.317 e. The van der Waals surface area contributed by atoms with Crippen molar-refractivity contribution in [1.29, 1.82) is 0 Å². The predicted octanol–water partition coefficient (Wildman–Crippen LogP) is 1.97. The number of nitrogens with zero attached hydrogens (tertiary/aromatic N) is 5. The van der Waals surface area contributed by atoms with Crippen LogP contribution >= 0.6 is 0 Å². The molecule has 1 aliphatic heterocycles. The summed E-state index contributed by atoms with van der Waals surface area (Å²) in [5, 5.41) is 11.1. The summed E-state index contributed by atoms with van der Waals surface area (Å²) in [6.45, 7) is 1.04. The average molecular weight is 356 g/mol. The number of carbonyl (C=O) groups excluding carboxylic acids is 1. The first-order valence-electron chi connectivity index (χ1n) is 8.18. The maximum absolute atomic E-state index is 13.1. The van der Waals surface area contributed by atoms with Crippen molar-refractivity contribution in [2.75, 3.05) is 13.6 Å². The summed E-state index contributed by atoms with van der Waals surface area (Å²) in [4.78, 5) is 18.1. The highest BCUT2D eigenvalue weighted by atomic mass is 19.1. The molecule has 3 aromatic rings. The fourth-order valence-corrected chi connectivity index (χ4v) is 3.13. The Bertz CT molecular complexity index is 962. The van der Waals surface area contributed by atoms with Crippen LogP contribution in [0.4, 0.5) is 9.18 Å². The zero-order valence-corrected chi connectivity index (χ0v) is 14.4. The Hall–Kier alpha value is -3.23. The van der Waals surface area contributed by atoms with Crippen LogP contribution in [-0.4, -0.2) is 44.4 Å². The molecule has 3 heterocycles. The van der Waals surface area contributed by atoms with Gasteiger partial charge in [-0.1, -0.05) is 5.16 Å². The molecule has 0 bridgehead atoms. The second-order valence-corrected chi connectivity index (χ2v) is 6.05. The molecule has 0 fully saturated rings. The number of aromatic nitrogens is 4. The number of aryl methyl sites for hydroxylation is 1. The molecule has 0 saturated carbocycles. The predicted molar refractivity (Wildman–Crippen MR) is 90.5 cm³/mol. The molecule has 1 N–H and O–H groups in total. The molecule has 0 saturated heterocycles. The van der Waals surface area contributed by atoms with Gasteiger partial charge in [0.05, 0.1) is 6.54 Å². The van der Waals surface area contributed by atoms with Crippen molar-refractivity contribution >= 4 is 6.03 Å². The number of hydrogen-bond acceptors (Lipinski definition) is 5. The van der Waals surface area contributed by atoms with Gasteiger partial charge in [-0.05, 0) is 24.3 Å². The van der Waals surface area contributed by atoms with E-state index in [0.717, 1.165) is 11.3 Å². The van der Waals surface area contributed by atoms with Crippen LogP contribution in [0.25, 0.3) is 23.0 Å². The van der Waals surface area contributed by atoms with Gasteiger partial charge in [0.25, 0.3) is 5.89 Å². The molecule has 2 aromatic heterocycles. The Morgan fingerprint density at radius 1 is 1.31 bits per heavy atom. The normalized spacial score (nSPS) is 13.6. The Balaban J connectivity index is 1.69. The zero-order valence-electron chi connectivity index (χ0n) is 14.4. The highest BCUT2D eigenvalue weighted by molar-refractivity contribution is 5.74. The van der Waals surface area contributed by atoms with Crippen LogP contribution in [0.1, 0.15) is 11.3 Å². The van der Waals surface area contributed by atoms with Gasteiger partial charge >= 0.3 is 6.03 Å². The highest BCUT2D eigenvalue weighted by Gasteiger charge is 2.29. The van der Waals surface area contributed by atoms with Crippen LogP contribution in [0.2, 0.25) is 0 Å². The van der Waals surface area contributed by atoms with E-state index in [4.69, 9.17) is 4.52 Å². The average Bonchev–Trinajstić information content (AvgIpc) is 3.26. The third-order valence-electron chi connectivity index (χ3n) is 4.47. The van der Waals surface area contributed by atoms with E-state index in [1.54, 1.807) is 28.8 Å². The minimum Gasteiger partial charge on any atom is -0.341 e. The van der Waals surface area contributed by atoms with E-state index < -0.39 is 0 Å². The van der Waals surface area contributed by atoms with Gasteiger partial charge < -0.3 is 14.7 Å². The van der Waals surface area contributed by atoms with Crippen LogP contribution in [0.5, 0.6) is 0 Å². The van der Waals surface area contributed by atoms with E-state index in [0.29, 0.717) is 36.6 Å². The van der Waals surface area contributed by atoms with Gasteiger partial charge in [-0.2, -0.15) is 10.1 Å². The summed E-state index contributed by atoms with van der Waals surface area (Å²) in [5.74, 6) is 0.309.